The van der Waals surface area contributed by atoms with Gasteiger partial charge in [-0.25, -0.2) is 0 Å². The Morgan fingerprint density at radius 1 is 1.11 bits per heavy atom. The van der Waals surface area contributed by atoms with Crippen molar-refractivity contribution < 1.29 is 9.59 Å². The fraction of sp³-hybridized carbons (Fsp3) is 0.280. The Morgan fingerprint density at radius 2 is 1.86 bits per heavy atom. The van der Waals surface area contributed by atoms with Gasteiger partial charge in [-0.1, -0.05) is 47.9 Å². The molecule has 4 aromatic rings. The average Bonchev–Trinajstić information content (AvgIpc) is 3.47. The Labute approximate surface area is 215 Å². The number of carbonyl (C=O) groups is 2. The van der Waals surface area contributed by atoms with Crippen molar-refractivity contribution in [2.75, 3.05) is 6.54 Å². The molecule has 0 spiro atoms. The summed E-state index contributed by atoms with van der Waals surface area (Å²) in [7, 11) is 0. The molecule has 7 nitrogen and oxygen atoms in total. The van der Waals surface area contributed by atoms with E-state index in [0.717, 1.165) is 42.6 Å². The van der Waals surface area contributed by atoms with Crippen molar-refractivity contribution >= 4 is 63.5 Å². The molecule has 2 aromatic carbocycles. The van der Waals surface area contributed by atoms with Crippen molar-refractivity contribution in [1.29, 1.82) is 0 Å². The quantitative estimate of drug-likeness (QED) is 0.312. The second-order valence-electron chi connectivity index (χ2n) is 8.65. The molecule has 1 fully saturated rings. The number of thiazole rings is 1. The minimum absolute atomic E-state index is 0.147. The zero-order valence-corrected chi connectivity index (χ0v) is 21.1. The summed E-state index contributed by atoms with van der Waals surface area (Å²) in [4.78, 5) is 41.8. The van der Waals surface area contributed by atoms with E-state index in [4.69, 9.17) is 23.8 Å². The molecule has 5 rings (SSSR count). The third kappa shape index (κ3) is 4.89. The lowest BCUT2D eigenvalue weighted by Crippen LogP contribution is -2.32. The number of fused-ring (bicyclic) bond motifs is 3. The van der Waals surface area contributed by atoms with Crippen molar-refractivity contribution in [1.82, 2.24) is 20.0 Å². The van der Waals surface area contributed by atoms with Gasteiger partial charge in [0.2, 0.25) is 0 Å². The van der Waals surface area contributed by atoms with Gasteiger partial charge in [-0.05, 0) is 67.4 Å². The second-order valence-corrected chi connectivity index (χ2v) is 10.7. The topological polar surface area (TPSA) is 95.5 Å². The fourth-order valence-corrected chi connectivity index (χ4v) is 5.89. The third-order valence-electron chi connectivity index (χ3n) is 6.30. The van der Waals surface area contributed by atoms with E-state index >= 15 is 0 Å². The Balaban J connectivity index is 1.43. The molecule has 35 heavy (non-hydrogen) atoms. The molecule has 2 heterocycles. The van der Waals surface area contributed by atoms with Crippen molar-refractivity contribution in [3.8, 4) is 0 Å². The number of aromatic nitrogens is 2. The Bertz CT molecular complexity index is 1550. The fourth-order valence-electron chi connectivity index (χ4n) is 4.48. The maximum Gasteiger partial charge on any atom is 0.265 e. The number of hydrogen-bond acceptors (Lipinski definition) is 5. The van der Waals surface area contributed by atoms with Crippen molar-refractivity contribution in [2.45, 2.75) is 38.1 Å². The molecule has 1 aliphatic rings. The van der Waals surface area contributed by atoms with Crippen LogP contribution in [-0.2, 0) is 6.42 Å². The number of rotatable bonds is 6. The molecule has 10 heteroatoms. The summed E-state index contributed by atoms with van der Waals surface area (Å²) in [6, 6.07) is 12.5. The average molecular weight is 527 g/mol. The van der Waals surface area contributed by atoms with Gasteiger partial charge in [0.15, 0.2) is 3.95 Å². The van der Waals surface area contributed by atoms with Gasteiger partial charge in [0.05, 0.1) is 10.9 Å². The third-order valence-corrected chi connectivity index (χ3v) is 7.92. The number of halogens is 1. The number of benzene rings is 2. The van der Waals surface area contributed by atoms with E-state index in [1.807, 2.05) is 24.3 Å². The lowest BCUT2D eigenvalue weighted by atomic mass is 10.1. The molecule has 180 valence electrons. The number of H-pyrrole nitrogens is 1. The van der Waals surface area contributed by atoms with Gasteiger partial charge in [-0.2, -0.15) is 0 Å². The van der Waals surface area contributed by atoms with Gasteiger partial charge in [-0.15, -0.1) is 0 Å². The van der Waals surface area contributed by atoms with E-state index in [-0.39, 0.29) is 23.4 Å². The second kappa shape index (κ2) is 9.93. The summed E-state index contributed by atoms with van der Waals surface area (Å²) in [5, 5.41) is 7.03. The van der Waals surface area contributed by atoms with Gasteiger partial charge in [-0.3, -0.25) is 18.8 Å². The molecule has 1 aliphatic carbocycles. The van der Waals surface area contributed by atoms with Crippen LogP contribution in [0, 0.1) is 3.95 Å². The van der Waals surface area contributed by atoms with Gasteiger partial charge in [0, 0.05) is 23.2 Å². The predicted octanol–water partition coefficient (Wildman–Crippen LogP) is 4.87. The van der Waals surface area contributed by atoms with Crippen LogP contribution in [0.25, 0.3) is 16.6 Å². The zero-order valence-electron chi connectivity index (χ0n) is 18.7. The van der Waals surface area contributed by atoms with Crippen LogP contribution in [0.2, 0.25) is 5.02 Å². The Morgan fingerprint density at radius 3 is 2.60 bits per heavy atom. The molecule has 1 saturated carbocycles. The minimum atomic E-state index is -0.336. The van der Waals surface area contributed by atoms with Crippen LogP contribution in [-0.4, -0.2) is 33.8 Å². The van der Waals surface area contributed by atoms with Crippen LogP contribution in [0.15, 0.2) is 47.3 Å². The van der Waals surface area contributed by atoms with Gasteiger partial charge >= 0.3 is 0 Å². The summed E-state index contributed by atoms with van der Waals surface area (Å²) in [5.74, 6) is -0.489. The summed E-state index contributed by atoms with van der Waals surface area (Å²) in [5.41, 5.74) is 1.99. The molecule has 0 aliphatic heterocycles. The first-order valence-corrected chi connectivity index (χ1v) is 13.1. The van der Waals surface area contributed by atoms with Crippen molar-refractivity contribution in [2.24, 2.45) is 0 Å². The van der Waals surface area contributed by atoms with Crippen molar-refractivity contribution in [3.63, 3.8) is 0 Å². The first-order chi connectivity index (χ1) is 16.9. The summed E-state index contributed by atoms with van der Waals surface area (Å²) < 4.78 is 2.10. The van der Waals surface area contributed by atoms with E-state index in [0.29, 0.717) is 48.9 Å². The molecule has 0 saturated heterocycles. The highest BCUT2D eigenvalue weighted by molar-refractivity contribution is 7.73. The first kappa shape index (κ1) is 23.7. The summed E-state index contributed by atoms with van der Waals surface area (Å²) in [6.45, 7) is 0.451. The van der Waals surface area contributed by atoms with Crippen LogP contribution in [0.1, 0.15) is 51.3 Å². The molecular formula is C25H23ClN4O3S2. The van der Waals surface area contributed by atoms with E-state index in [1.54, 1.807) is 22.6 Å². The van der Waals surface area contributed by atoms with E-state index in [9.17, 15) is 14.4 Å². The molecule has 0 atom stereocenters. The molecule has 3 N–H and O–H groups in total. The highest BCUT2D eigenvalue weighted by atomic mass is 35.5. The van der Waals surface area contributed by atoms with Crippen LogP contribution in [0.4, 0.5) is 0 Å². The van der Waals surface area contributed by atoms with Crippen molar-refractivity contribution in [3.05, 3.63) is 77.8 Å². The van der Waals surface area contributed by atoms with Crippen LogP contribution in [0.5, 0.6) is 0 Å². The SMILES string of the molecule is O=C(NCCc1ccc(Cl)cc1)c1ccc2c(=O)[nH]c3c(C(=O)NC4CCCC4)sc(=S)n3c2c1. The van der Waals surface area contributed by atoms with Crippen LogP contribution >= 0.6 is 35.2 Å². The first-order valence-electron chi connectivity index (χ1n) is 11.5. The lowest BCUT2D eigenvalue weighted by Gasteiger charge is -2.11. The van der Waals surface area contributed by atoms with Gasteiger partial charge in [0.1, 0.15) is 10.5 Å². The molecule has 0 radical (unpaired) electrons. The predicted molar refractivity (Wildman–Crippen MR) is 141 cm³/mol. The van der Waals surface area contributed by atoms with Crippen LogP contribution < -0.4 is 16.2 Å². The number of carbonyl (C=O) groups excluding carboxylic acids is 2. The lowest BCUT2D eigenvalue weighted by molar-refractivity contribution is 0.0938. The van der Waals surface area contributed by atoms with E-state index in [1.165, 1.54) is 0 Å². The number of hydrogen-bond donors (Lipinski definition) is 3. The summed E-state index contributed by atoms with van der Waals surface area (Å²) >= 11 is 12.6. The van der Waals surface area contributed by atoms with Gasteiger partial charge < -0.3 is 15.6 Å². The normalized spacial score (nSPS) is 14.0. The number of amides is 2. The number of nitrogens with one attached hydrogen (secondary N) is 3. The zero-order chi connectivity index (χ0) is 24.5. The van der Waals surface area contributed by atoms with E-state index in [2.05, 4.69) is 15.6 Å². The molecular weight excluding hydrogens is 504 g/mol. The largest absolute Gasteiger partial charge is 0.352 e. The molecule has 0 bridgehead atoms. The number of nitrogens with zero attached hydrogens (tertiary/aromatic N) is 1. The van der Waals surface area contributed by atoms with E-state index < -0.39 is 0 Å². The van der Waals surface area contributed by atoms with Crippen LogP contribution in [0.3, 0.4) is 0 Å². The standard InChI is InChI=1S/C25H23ClN4O3S2/c26-16-8-5-14(6-9-16)11-12-27-22(31)15-7-10-18-19(13-15)30-21(29-23(18)32)20(35-25(30)34)24(33)28-17-3-1-2-4-17/h5-10,13,17H,1-4,11-12H2,(H,27,31)(H,28,33)(H,29,32). The number of aromatic amines is 1. The molecule has 2 aromatic heterocycles. The molecule has 0 unspecified atom stereocenters. The maximum atomic E-state index is 13.0. The maximum absolute atomic E-state index is 13.0. The Kier molecular flexibility index (Phi) is 6.73. The smallest absolute Gasteiger partial charge is 0.265 e. The summed E-state index contributed by atoms with van der Waals surface area (Å²) in [6.07, 6.45) is 4.78. The Hall–Kier alpha value is -3.01. The van der Waals surface area contributed by atoms with Gasteiger partial charge in [0.25, 0.3) is 17.4 Å². The highest BCUT2D eigenvalue weighted by Gasteiger charge is 2.23. The molecule has 2 amide bonds. The highest BCUT2D eigenvalue weighted by Crippen LogP contribution is 2.25. The monoisotopic (exact) mass is 526 g/mol. The minimum Gasteiger partial charge on any atom is -0.352 e.